The minimum atomic E-state index is -2.38. The van der Waals surface area contributed by atoms with Gasteiger partial charge in [-0.1, -0.05) is 15.9 Å². The van der Waals surface area contributed by atoms with Crippen LogP contribution in [-0.4, -0.2) is 35.8 Å². The zero-order chi connectivity index (χ0) is 10.9. The summed E-state index contributed by atoms with van der Waals surface area (Å²) in [4.78, 5) is 2.36. The molecule has 2 rings (SSSR count). The molecule has 2 atom stereocenters. The van der Waals surface area contributed by atoms with Crippen molar-refractivity contribution < 1.29 is 8.78 Å². The number of hydrogen-bond donors (Lipinski definition) is 0. The normalized spacial score (nSPS) is 36.2. The summed E-state index contributed by atoms with van der Waals surface area (Å²) in [5.74, 6) is -1.42. The van der Waals surface area contributed by atoms with Crippen LogP contribution < -0.4 is 0 Å². The Labute approximate surface area is 98.3 Å². The molecule has 0 N–H and O–H groups in total. The number of halogens is 3. The monoisotopic (exact) mass is 281 g/mol. The van der Waals surface area contributed by atoms with Gasteiger partial charge in [-0.2, -0.15) is 0 Å². The fourth-order valence-electron chi connectivity index (χ4n) is 2.77. The van der Waals surface area contributed by atoms with Crippen LogP contribution in [0.3, 0.4) is 0 Å². The molecule has 0 bridgehead atoms. The minimum Gasteiger partial charge on any atom is -0.303 e. The van der Waals surface area contributed by atoms with Gasteiger partial charge in [0.05, 0.1) is 0 Å². The molecule has 1 nitrogen and oxygen atoms in total. The molecule has 0 aromatic rings. The highest BCUT2D eigenvalue weighted by Crippen LogP contribution is 2.39. The third-order valence-corrected chi connectivity index (χ3v) is 4.53. The lowest BCUT2D eigenvalue weighted by molar-refractivity contribution is 0.00374. The predicted octanol–water partition coefficient (Wildman–Crippen LogP) is 3.14. The molecule has 1 heterocycles. The lowest BCUT2D eigenvalue weighted by atomic mass is 10.1. The number of rotatable bonds is 3. The van der Waals surface area contributed by atoms with Gasteiger partial charge in [0.1, 0.15) is 0 Å². The molecule has 1 saturated carbocycles. The number of likely N-dealkylation sites (tertiary alicyclic amines) is 1. The largest absolute Gasteiger partial charge is 0.303 e. The third kappa shape index (κ3) is 3.13. The third-order valence-electron chi connectivity index (χ3n) is 3.61. The Balaban J connectivity index is 1.74. The molecule has 0 aromatic heterocycles. The topological polar surface area (TPSA) is 3.24 Å². The summed E-state index contributed by atoms with van der Waals surface area (Å²) >= 11 is 3.49. The van der Waals surface area contributed by atoms with Gasteiger partial charge in [0.25, 0.3) is 0 Å². The van der Waals surface area contributed by atoms with Crippen molar-refractivity contribution >= 4 is 15.9 Å². The standard InChI is InChI=1S/C11H18BrF2N/c12-6-10-2-4-15(8-10)7-9-1-3-11(13,14)5-9/h9-10H,1-8H2. The molecule has 2 unspecified atom stereocenters. The Morgan fingerprint density at radius 2 is 2.07 bits per heavy atom. The summed E-state index contributed by atoms with van der Waals surface area (Å²) in [5, 5.41) is 1.05. The fraction of sp³-hybridized carbons (Fsp3) is 1.00. The van der Waals surface area contributed by atoms with Crippen LogP contribution in [0.15, 0.2) is 0 Å². The van der Waals surface area contributed by atoms with Crippen molar-refractivity contribution in [3.63, 3.8) is 0 Å². The van der Waals surface area contributed by atoms with Gasteiger partial charge in [-0.15, -0.1) is 0 Å². The number of hydrogen-bond acceptors (Lipinski definition) is 1. The van der Waals surface area contributed by atoms with Crippen LogP contribution in [0.2, 0.25) is 0 Å². The van der Waals surface area contributed by atoms with Crippen molar-refractivity contribution in [3.8, 4) is 0 Å². The van der Waals surface area contributed by atoms with Gasteiger partial charge >= 0.3 is 0 Å². The molecule has 1 aliphatic heterocycles. The number of alkyl halides is 3. The van der Waals surface area contributed by atoms with Crippen molar-refractivity contribution in [2.45, 2.75) is 31.6 Å². The Hall–Kier alpha value is 0.300. The molecular weight excluding hydrogens is 264 g/mol. The number of nitrogens with zero attached hydrogens (tertiary/aromatic N) is 1. The molecule has 1 aliphatic carbocycles. The molecular formula is C11H18BrF2N. The molecule has 0 aromatic carbocycles. The van der Waals surface area contributed by atoms with E-state index in [0.29, 0.717) is 6.42 Å². The summed E-state index contributed by atoms with van der Waals surface area (Å²) in [6.45, 7) is 3.07. The Morgan fingerprint density at radius 1 is 1.27 bits per heavy atom. The van der Waals surface area contributed by atoms with Crippen molar-refractivity contribution in [1.29, 1.82) is 0 Å². The van der Waals surface area contributed by atoms with Crippen molar-refractivity contribution in [1.82, 2.24) is 4.90 Å². The minimum absolute atomic E-state index is 0.105. The quantitative estimate of drug-likeness (QED) is 0.719. The summed E-state index contributed by atoms with van der Waals surface area (Å²) in [6, 6.07) is 0. The van der Waals surface area contributed by atoms with Gasteiger partial charge in [-0.25, -0.2) is 8.78 Å². The second-order valence-electron chi connectivity index (χ2n) is 5.03. The maximum absolute atomic E-state index is 13.0. The first-order valence-corrected chi connectivity index (χ1v) is 6.87. The van der Waals surface area contributed by atoms with Crippen LogP contribution in [0.25, 0.3) is 0 Å². The molecule has 88 valence electrons. The van der Waals surface area contributed by atoms with Gasteiger partial charge < -0.3 is 4.90 Å². The molecule has 2 fully saturated rings. The average Bonchev–Trinajstić information content (AvgIpc) is 2.73. The van der Waals surface area contributed by atoms with Crippen LogP contribution >= 0.6 is 15.9 Å². The first-order chi connectivity index (χ1) is 7.09. The summed E-state index contributed by atoms with van der Waals surface area (Å²) < 4.78 is 26.0. The Bertz CT molecular complexity index is 223. The lowest BCUT2D eigenvalue weighted by Crippen LogP contribution is -2.27. The van der Waals surface area contributed by atoms with E-state index in [-0.39, 0.29) is 18.8 Å². The van der Waals surface area contributed by atoms with E-state index in [9.17, 15) is 8.78 Å². The maximum atomic E-state index is 13.0. The van der Waals surface area contributed by atoms with Crippen LogP contribution in [0.4, 0.5) is 8.78 Å². The predicted molar refractivity (Wildman–Crippen MR) is 60.6 cm³/mol. The van der Waals surface area contributed by atoms with E-state index in [1.807, 2.05) is 0 Å². The van der Waals surface area contributed by atoms with Gasteiger partial charge in [0, 0.05) is 31.3 Å². The molecule has 15 heavy (non-hydrogen) atoms. The van der Waals surface area contributed by atoms with Crippen LogP contribution in [0.1, 0.15) is 25.7 Å². The summed E-state index contributed by atoms with van der Waals surface area (Å²) in [5.41, 5.74) is 0. The molecule has 0 radical (unpaired) electrons. The fourth-order valence-corrected chi connectivity index (χ4v) is 3.30. The van der Waals surface area contributed by atoms with Crippen LogP contribution in [0.5, 0.6) is 0 Å². The highest BCUT2D eigenvalue weighted by atomic mass is 79.9. The lowest BCUT2D eigenvalue weighted by Gasteiger charge is -2.20. The van der Waals surface area contributed by atoms with E-state index in [1.54, 1.807) is 0 Å². The zero-order valence-electron chi connectivity index (χ0n) is 8.89. The molecule has 4 heteroatoms. The molecule has 0 amide bonds. The smallest absolute Gasteiger partial charge is 0.248 e. The van der Waals surface area contributed by atoms with E-state index in [1.165, 1.54) is 6.42 Å². The van der Waals surface area contributed by atoms with Crippen molar-refractivity contribution in [2.75, 3.05) is 25.0 Å². The van der Waals surface area contributed by atoms with E-state index < -0.39 is 5.92 Å². The molecule has 1 saturated heterocycles. The summed E-state index contributed by atoms with van der Waals surface area (Å²) in [7, 11) is 0. The molecule has 2 aliphatic rings. The van der Waals surface area contributed by atoms with E-state index >= 15 is 0 Å². The highest BCUT2D eigenvalue weighted by Gasteiger charge is 2.40. The van der Waals surface area contributed by atoms with Gasteiger partial charge in [-0.05, 0) is 31.2 Å². The molecule has 0 spiro atoms. The van der Waals surface area contributed by atoms with Crippen molar-refractivity contribution in [2.24, 2.45) is 11.8 Å². The first-order valence-electron chi connectivity index (χ1n) is 5.75. The van der Waals surface area contributed by atoms with Gasteiger partial charge in [-0.3, -0.25) is 0 Å². The maximum Gasteiger partial charge on any atom is 0.248 e. The summed E-state index contributed by atoms with van der Waals surface area (Å²) in [6.07, 6.45) is 2.15. The zero-order valence-corrected chi connectivity index (χ0v) is 10.5. The second kappa shape index (κ2) is 4.66. The SMILES string of the molecule is FC1(F)CCC(CN2CCC(CBr)C2)C1. The Kier molecular flexibility index (Phi) is 3.66. The van der Waals surface area contributed by atoms with E-state index in [4.69, 9.17) is 0 Å². The van der Waals surface area contributed by atoms with Gasteiger partial charge in [0.15, 0.2) is 0 Å². The van der Waals surface area contributed by atoms with Crippen LogP contribution in [0, 0.1) is 11.8 Å². The Morgan fingerprint density at radius 3 is 2.60 bits per heavy atom. The first kappa shape index (κ1) is 11.8. The van der Waals surface area contributed by atoms with E-state index in [0.717, 1.165) is 30.9 Å². The van der Waals surface area contributed by atoms with Crippen molar-refractivity contribution in [3.05, 3.63) is 0 Å². The van der Waals surface area contributed by atoms with Crippen LogP contribution in [-0.2, 0) is 0 Å². The average molecular weight is 282 g/mol. The van der Waals surface area contributed by atoms with Gasteiger partial charge in [0.2, 0.25) is 5.92 Å². The second-order valence-corrected chi connectivity index (χ2v) is 5.68. The highest BCUT2D eigenvalue weighted by molar-refractivity contribution is 9.09. The van der Waals surface area contributed by atoms with E-state index in [2.05, 4.69) is 20.8 Å².